The topological polar surface area (TPSA) is 83.8 Å². The standard InChI is InChI=1S/C10H19NO5/c1-7(12)10(15,6-8(13)14)9(16-5)11(2,3)4/h9,15H,6H2,1-5H3/p+1. The van der Waals surface area contributed by atoms with Gasteiger partial charge in [-0.3, -0.25) is 9.59 Å². The molecular formula is C10H20NO5+. The van der Waals surface area contributed by atoms with Crippen LogP contribution in [0, 0.1) is 0 Å². The number of ketones is 1. The molecule has 16 heavy (non-hydrogen) atoms. The number of carbonyl (C=O) groups is 2. The highest BCUT2D eigenvalue weighted by Gasteiger charge is 2.51. The van der Waals surface area contributed by atoms with Crippen LogP contribution in [-0.2, 0) is 14.3 Å². The van der Waals surface area contributed by atoms with Crippen molar-refractivity contribution in [2.24, 2.45) is 0 Å². The average molecular weight is 234 g/mol. The summed E-state index contributed by atoms with van der Waals surface area (Å²) in [6.07, 6.45) is -1.60. The molecular weight excluding hydrogens is 214 g/mol. The quantitative estimate of drug-likeness (QED) is 0.476. The Hall–Kier alpha value is -0.980. The molecule has 2 N–H and O–H groups in total. The molecule has 2 atom stereocenters. The van der Waals surface area contributed by atoms with Crippen molar-refractivity contribution >= 4 is 11.8 Å². The minimum Gasteiger partial charge on any atom is -0.481 e. The number of nitrogens with zero attached hydrogens (tertiary/aromatic N) is 1. The van der Waals surface area contributed by atoms with Crippen LogP contribution >= 0.6 is 0 Å². The third kappa shape index (κ3) is 3.26. The summed E-state index contributed by atoms with van der Waals surface area (Å²) in [7, 11) is 6.47. The minimum atomic E-state index is -2.02. The molecule has 0 saturated carbocycles. The molecule has 0 radical (unpaired) electrons. The van der Waals surface area contributed by atoms with Gasteiger partial charge in [-0.25, -0.2) is 0 Å². The van der Waals surface area contributed by atoms with Gasteiger partial charge in [-0.1, -0.05) is 0 Å². The van der Waals surface area contributed by atoms with Gasteiger partial charge < -0.3 is 19.4 Å². The number of aliphatic hydroxyl groups is 1. The zero-order chi connectivity index (χ0) is 13.1. The summed E-state index contributed by atoms with van der Waals surface area (Å²) < 4.78 is 5.20. The first-order chi connectivity index (χ1) is 7.05. The van der Waals surface area contributed by atoms with Crippen molar-refractivity contribution in [2.45, 2.75) is 25.2 Å². The molecule has 0 bridgehead atoms. The first-order valence-electron chi connectivity index (χ1n) is 4.85. The normalized spacial score (nSPS) is 17.6. The third-order valence-electron chi connectivity index (χ3n) is 2.37. The number of hydrogen-bond acceptors (Lipinski definition) is 4. The van der Waals surface area contributed by atoms with Crippen molar-refractivity contribution in [3.8, 4) is 0 Å². The van der Waals surface area contributed by atoms with Gasteiger partial charge in [-0.05, 0) is 6.92 Å². The second kappa shape index (κ2) is 4.90. The number of likely N-dealkylation sites (N-methyl/N-ethyl adjacent to an activating group) is 1. The van der Waals surface area contributed by atoms with E-state index in [4.69, 9.17) is 9.84 Å². The number of quaternary nitrogens is 1. The van der Waals surface area contributed by atoms with E-state index in [0.29, 0.717) is 0 Å². The average Bonchev–Trinajstić information content (AvgIpc) is 1.99. The first-order valence-corrected chi connectivity index (χ1v) is 4.85. The maximum atomic E-state index is 11.4. The molecule has 2 unspecified atom stereocenters. The predicted octanol–water partition coefficient (Wildman–Crippen LogP) is -0.540. The summed E-state index contributed by atoms with van der Waals surface area (Å²) in [5, 5.41) is 18.9. The van der Waals surface area contributed by atoms with Crippen LogP contribution in [0.15, 0.2) is 0 Å². The van der Waals surface area contributed by atoms with E-state index in [9.17, 15) is 14.7 Å². The summed E-state index contributed by atoms with van der Waals surface area (Å²) in [4.78, 5) is 22.1. The van der Waals surface area contributed by atoms with Crippen LogP contribution in [0.3, 0.4) is 0 Å². The number of rotatable bonds is 6. The molecule has 0 saturated heterocycles. The molecule has 6 nitrogen and oxygen atoms in total. The van der Waals surface area contributed by atoms with Crippen LogP contribution in [0.5, 0.6) is 0 Å². The second-order valence-corrected chi connectivity index (χ2v) is 4.76. The lowest BCUT2D eigenvalue weighted by Crippen LogP contribution is -2.63. The van der Waals surface area contributed by atoms with E-state index in [2.05, 4.69) is 0 Å². The lowest BCUT2D eigenvalue weighted by atomic mass is 9.91. The molecule has 0 heterocycles. The highest BCUT2D eigenvalue weighted by Crippen LogP contribution is 2.24. The van der Waals surface area contributed by atoms with E-state index in [1.54, 1.807) is 21.1 Å². The first kappa shape index (κ1) is 15.0. The Bertz CT molecular complexity index is 283. The molecule has 0 aliphatic rings. The summed E-state index contributed by atoms with van der Waals surface area (Å²) in [5.41, 5.74) is -2.02. The molecule has 0 aromatic carbocycles. The molecule has 0 aromatic rings. The van der Waals surface area contributed by atoms with Gasteiger partial charge in [0, 0.05) is 7.11 Å². The van der Waals surface area contributed by atoms with Gasteiger partial charge in [-0.2, -0.15) is 0 Å². The molecule has 0 fully saturated rings. The van der Waals surface area contributed by atoms with Crippen molar-refractivity contribution in [3.05, 3.63) is 0 Å². The van der Waals surface area contributed by atoms with E-state index >= 15 is 0 Å². The molecule has 0 spiro atoms. The summed E-state index contributed by atoms with van der Waals surface area (Å²) >= 11 is 0. The lowest BCUT2D eigenvalue weighted by Gasteiger charge is -2.40. The van der Waals surface area contributed by atoms with Gasteiger partial charge in [0.15, 0.2) is 5.78 Å². The van der Waals surface area contributed by atoms with E-state index < -0.39 is 30.0 Å². The number of Topliss-reactive ketones (excluding diaryl/α,β-unsaturated/α-hetero) is 1. The largest absolute Gasteiger partial charge is 0.481 e. The maximum Gasteiger partial charge on any atom is 0.307 e. The smallest absolute Gasteiger partial charge is 0.307 e. The molecule has 0 amide bonds. The van der Waals surface area contributed by atoms with Crippen molar-refractivity contribution < 1.29 is 29.0 Å². The Labute approximate surface area is 95.0 Å². The van der Waals surface area contributed by atoms with Gasteiger partial charge in [0.05, 0.1) is 27.6 Å². The Balaban J connectivity index is 5.31. The molecule has 0 aliphatic carbocycles. The third-order valence-corrected chi connectivity index (χ3v) is 2.37. The van der Waals surface area contributed by atoms with Gasteiger partial charge in [0.25, 0.3) is 0 Å². The lowest BCUT2D eigenvalue weighted by molar-refractivity contribution is -0.925. The SMILES string of the molecule is COC(C(O)(CC(=O)O)C(C)=O)[N+](C)(C)C. The zero-order valence-corrected chi connectivity index (χ0v) is 10.4. The molecule has 0 rings (SSSR count). The van der Waals surface area contributed by atoms with E-state index in [1.165, 1.54) is 7.11 Å². The molecule has 94 valence electrons. The summed E-state index contributed by atoms with van der Waals surface area (Å²) in [5.74, 6) is -1.86. The number of carboxylic acid groups (broad SMARTS) is 1. The van der Waals surface area contributed by atoms with Crippen molar-refractivity contribution in [1.29, 1.82) is 0 Å². The Kier molecular flexibility index (Phi) is 4.60. The second-order valence-electron chi connectivity index (χ2n) is 4.76. The van der Waals surface area contributed by atoms with E-state index in [0.717, 1.165) is 6.92 Å². The number of methoxy groups -OCH3 is 1. The van der Waals surface area contributed by atoms with Gasteiger partial charge in [0.2, 0.25) is 11.8 Å². The van der Waals surface area contributed by atoms with Crippen LogP contribution in [0.1, 0.15) is 13.3 Å². The van der Waals surface area contributed by atoms with Crippen molar-refractivity contribution in [3.63, 3.8) is 0 Å². The van der Waals surface area contributed by atoms with Crippen LogP contribution in [0.25, 0.3) is 0 Å². The molecule has 0 aromatic heterocycles. The van der Waals surface area contributed by atoms with Crippen LogP contribution in [-0.4, -0.2) is 66.5 Å². The number of ether oxygens (including phenoxy) is 1. The summed E-state index contributed by atoms with van der Waals surface area (Å²) in [6, 6.07) is 0. The van der Waals surface area contributed by atoms with E-state index in [1.807, 2.05) is 0 Å². The van der Waals surface area contributed by atoms with Crippen LogP contribution < -0.4 is 0 Å². The number of hydrogen-bond donors (Lipinski definition) is 2. The number of carbonyl (C=O) groups excluding carboxylic acids is 1. The van der Waals surface area contributed by atoms with E-state index in [-0.39, 0.29) is 4.48 Å². The highest BCUT2D eigenvalue weighted by atomic mass is 16.5. The fourth-order valence-corrected chi connectivity index (χ4v) is 1.77. The monoisotopic (exact) mass is 234 g/mol. The van der Waals surface area contributed by atoms with Crippen molar-refractivity contribution in [1.82, 2.24) is 0 Å². The van der Waals surface area contributed by atoms with Crippen molar-refractivity contribution in [2.75, 3.05) is 28.3 Å². The number of aliphatic carboxylic acids is 1. The van der Waals surface area contributed by atoms with Gasteiger partial charge >= 0.3 is 5.97 Å². The highest BCUT2D eigenvalue weighted by molar-refractivity contribution is 5.89. The summed E-state index contributed by atoms with van der Waals surface area (Å²) in [6.45, 7) is 1.16. The number of carboxylic acids is 1. The Morgan fingerprint density at radius 1 is 1.38 bits per heavy atom. The Morgan fingerprint density at radius 2 is 1.81 bits per heavy atom. The zero-order valence-electron chi connectivity index (χ0n) is 10.4. The minimum absolute atomic E-state index is 0.125. The van der Waals surface area contributed by atoms with Crippen LogP contribution in [0.2, 0.25) is 0 Å². The fourth-order valence-electron chi connectivity index (χ4n) is 1.77. The maximum absolute atomic E-state index is 11.4. The fraction of sp³-hybridized carbons (Fsp3) is 0.800. The molecule has 0 aliphatic heterocycles. The van der Waals surface area contributed by atoms with Crippen LogP contribution in [0.4, 0.5) is 0 Å². The predicted molar refractivity (Wildman–Crippen MR) is 56.7 cm³/mol. The Morgan fingerprint density at radius 3 is 2.00 bits per heavy atom. The molecule has 6 heteroatoms. The van der Waals surface area contributed by atoms with Gasteiger partial charge in [-0.15, -0.1) is 0 Å². The van der Waals surface area contributed by atoms with Gasteiger partial charge in [0.1, 0.15) is 0 Å².